The van der Waals surface area contributed by atoms with E-state index in [1.165, 1.54) is 0 Å². The van der Waals surface area contributed by atoms with E-state index in [0.29, 0.717) is 0 Å². The first kappa shape index (κ1) is 12.0. The van der Waals surface area contributed by atoms with Crippen LogP contribution in [-0.4, -0.2) is 11.1 Å². The van der Waals surface area contributed by atoms with Crippen LogP contribution in [0, 0.1) is 0 Å². The molecule has 0 aromatic heterocycles. The van der Waals surface area contributed by atoms with Gasteiger partial charge in [-0.3, -0.25) is 0 Å². The van der Waals surface area contributed by atoms with Gasteiger partial charge in [-0.25, -0.2) is 0 Å². The summed E-state index contributed by atoms with van der Waals surface area (Å²) in [6, 6.07) is 0. The van der Waals surface area contributed by atoms with E-state index in [-0.39, 0.29) is 11.1 Å². The van der Waals surface area contributed by atoms with Gasteiger partial charge in [-0.15, -0.1) is 13.2 Å². The van der Waals surface area contributed by atoms with Gasteiger partial charge in [0.1, 0.15) is 11.1 Å². The molecule has 0 N–H and O–H groups in total. The van der Waals surface area contributed by atoms with Gasteiger partial charge in [-0.2, -0.15) is 0 Å². The fraction of sp³-hybridized carbons (Fsp3) is 0.667. The third-order valence-electron chi connectivity index (χ3n) is 0.375. The Morgan fingerprint density at radius 1 is 1.11 bits per heavy atom. The second-order valence-electron chi connectivity index (χ2n) is 1.22. The number of hydrogen-bond donors (Lipinski definition) is 0. The molecule has 0 rings (SSSR count). The molecule has 0 saturated heterocycles. The monoisotopic (exact) mass is 170 g/mol. The second kappa shape index (κ2) is 8.28. The van der Waals surface area contributed by atoms with Crippen molar-refractivity contribution in [2.75, 3.05) is 0 Å². The summed E-state index contributed by atoms with van der Waals surface area (Å²) in [6.45, 7) is 9.45. The van der Waals surface area contributed by atoms with Crippen LogP contribution in [0.15, 0.2) is 13.2 Å². The molecule has 56 valence electrons. The van der Waals surface area contributed by atoms with E-state index < -0.39 is 0 Å². The van der Waals surface area contributed by atoms with Crippen molar-refractivity contribution < 1.29 is 4.74 Å². The third kappa shape index (κ3) is 17.8. The molecule has 0 saturated carbocycles. The highest BCUT2D eigenvalue weighted by Gasteiger charge is 1.98. The molecular formula is C6H12Cl2O. The maximum absolute atomic E-state index is 5.37. The van der Waals surface area contributed by atoms with Crippen LogP contribution in [0.5, 0.6) is 0 Å². The smallest absolute Gasteiger partial charge is 0.130 e. The van der Waals surface area contributed by atoms with E-state index in [1.807, 2.05) is 0 Å². The molecule has 0 aliphatic heterocycles. The lowest BCUT2D eigenvalue weighted by Crippen LogP contribution is -2.04. The van der Waals surface area contributed by atoms with Gasteiger partial charge in [0, 0.05) is 0 Å². The Morgan fingerprint density at radius 3 is 1.33 bits per heavy atom. The van der Waals surface area contributed by atoms with Crippen LogP contribution in [0.3, 0.4) is 0 Å². The van der Waals surface area contributed by atoms with Crippen molar-refractivity contribution in [2.45, 2.75) is 25.0 Å². The lowest BCUT2D eigenvalue weighted by atomic mass is 10.8. The average Bonchev–Trinajstić information content (AvgIpc) is 1.68. The summed E-state index contributed by atoms with van der Waals surface area (Å²) in [4.78, 5) is 0. The quantitative estimate of drug-likeness (QED) is 0.458. The lowest BCUT2D eigenvalue weighted by molar-refractivity contribution is 0.104. The summed E-state index contributed by atoms with van der Waals surface area (Å²) >= 11 is 10.7. The van der Waals surface area contributed by atoms with Crippen molar-refractivity contribution >= 4 is 23.2 Å². The topological polar surface area (TPSA) is 9.23 Å². The normalized spacial score (nSPS) is 15.1. The molecule has 0 spiro atoms. The van der Waals surface area contributed by atoms with Crippen LogP contribution in [0.1, 0.15) is 13.8 Å². The first-order chi connectivity index (χ1) is 4.13. The summed E-state index contributed by atoms with van der Waals surface area (Å²) < 4.78 is 4.78. The number of alkyl halides is 2. The van der Waals surface area contributed by atoms with E-state index in [1.54, 1.807) is 13.8 Å². The molecule has 3 heteroatoms. The highest BCUT2D eigenvalue weighted by atomic mass is 35.5. The van der Waals surface area contributed by atoms with Crippen molar-refractivity contribution in [1.29, 1.82) is 0 Å². The zero-order chi connectivity index (χ0) is 7.86. The van der Waals surface area contributed by atoms with E-state index in [4.69, 9.17) is 27.9 Å². The highest BCUT2D eigenvalue weighted by molar-refractivity contribution is 6.21. The van der Waals surface area contributed by atoms with Crippen molar-refractivity contribution in [3.8, 4) is 0 Å². The SMILES string of the molecule is C=C.CC(Cl)OC(C)Cl. The van der Waals surface area contributed by atoms with Crippen LogP contribution in [0.4, 0.5) is 0 Å². The lowest BCUT2D eigenvalue weighted by Gasteiger charge is -2.05. The summed E-state index contributed by atoms with van der Waals surface area (Å²) in [5, 5.41) is 0. The Kier molecular flexibility index (Phi) is 11.0. The van der Waals surface area contributed by atoms with E-state index in [9.17, 15) is 0 Å². The summed E-state index contributed by atoms with van der Waals surface area (Å²) in [7, 11) is 0. The summed E-state index contributed by atoms with van der Waals surface area (Å²) in [5.41, 5.74) is -0.569. The largest absolute Gasteiger partial charge is 0.344 e. The molecule has 0 aliphatic rings. The zero-order valence-corrected chi connectivity index (χ0v) is 7.24. The molecule has 9 heavy (non-hydrogen) atoms. The van der Waals surface area contributed by atoms with Crippen molar-refractivity contribution in [3.05, 3.63) is 13.2 Å². The molecule has 0 fully saturated rings. The Labute approximate surface area is 66.6 Å². The summed E-state index contributed by atoms with van der Waals surface area (Å²) in [5.74, 6) is 0. The third-order valence-corrected chi connectivity index (χ3v) is 0.581. The van der Waals surface area contributed by atoms with Crippen LogP contribution < -0.4 is 0 Å². The molecule has 0 bridgehead atoms. The molecule has 0 aromatic carbocycles. The molecule has 0 aliphatic carbocycles. The minimum atomic E-state index is -0.285. The molecule has 2 atom stereocenters. The number of halogens is 2. The van der Waals surface area contributed by atoms with Crippen LogP contribution in [0.25, 0.3) is 0 Å². The van der Waals surface area contributed by atoms with Crippen molar-refractivity contribution in [3.63, 3.8) is 0 Å². The number of rotatable bonds is 2. The summed E-state index contributed by atoms with van der Waals surface area (Å²) in [6.07, 6.45) is 0. The van der Waals surface area contributed by atoms with Gasteiger partial charge < -0.3 is 4.74 Å². The molecule has 0 aromatic rings. The Bertz CT molecular complexity index is 49.0. The van der Waals surface area contributed by atoms with Gasteiger partial charge in [-0.05, 0) is 13.8 Å². The van der Waals surface area contributed by atoms with Gasteiger partial charge >= 0.3 is 0 Å². The van der Waals surface area contributed by atoms with Crippen molar-refractivity contribution in [2.24, 2.45) is 0 Å². The molecule has 0 heterocycles. The van der Waals surface area contributed by atoms with Gasteiger partial charge in [0.15, 0.2) is 0 Å². The average molecular weight is 171 g/mol. The Morgan fingerprint density at radius 2 is 1.33 bits per heavy atom. The van der Waals surface area contributed by atoms with Gasteiger partial charge in [0.05, 0.1) is 0 Å². The van der Waals surface area contributed by atoms with E-state index in [0.717, 1.165) is 0 Å². The maximum atomic E-state index is 5.37. The Hall–Kier alpha value is 0.280. The fourth-order valence-corrected chi connectivity index (χ4v) is 0.620. The number of ether oxygens (including phenoxy) is 1. The zero-order valence-electron chi connectivity index (χ0n) is 5.73. The van der Waals surface area contributed by atoms with Crippen LogP contribution in [0.2, 0.25) is 0 Å². The Balaban J connectivity index is 0. The first-order valence-electron chi connectivity index (χ1n) is 2.56. The minimum absolute atomic E-state index is 0.285. The second-order valence-corrected chi connectivity index (χ2v) is 2.45. The predicted molar refractivity (Wildman–Crippen MR) is 43.0 cm³/mol. The first-order valence-corrected chi connectivity index (χ1v) is 3.44. The highest BCUT2D eigenvalue weighted by Crippen LogP contribution is 2.03. The standard InChI is InChI=1S/C4H8Cl2O.C2H4/c1-3(5)7-4(2)6;1-2/h3-4H,1-2H3;1-2H2. The molecule has 1 nitrogen and oxygen atoms in total. The van der Waals surface area contributed by atoms with Gasteiger partial charge in [0.25, 0.3) is 0 Å². The van der Waals surface area contributed by atoms with E-state index >= 15 is 0 Å². The van der Waals surface area contributed by atoms with Gasteiger partial charge in [0.2, 0.25) is 0 Å². The molecule has 0 radical (unpaired) electrons. The van der Waals surface area contributed by atoms with Crippen molar-refractivity contribution in [1.82, 2.24) is 0 Å². The van der Waals surface area contributed by atoms with E-state index in [2.05, 4.69) is 13.2 Å². The maximum Gasteiger partial charge on any atom is 0.130 e. The van der Waals surface area contributed by atoms with Crippen LogP contribution >= 0.6 is 23.2 Å². The fourth-order valence-electron chi connectivity index (χ4n) is 0.258. The molecule has 2 unspecified atom stereocenters. The molecule has 0 amide bonds. The predicted octanol–water partition coefficient (Wildman–Crippen LogP) is 2.97. The number of hydrogen-bond acceptors (Lipinski definition) is 1. The minimum Gasteiger partial charge on any atom is -0.344 e. The van der Waals surface area contributed by atoms with Gasteiger partial charge in [-0.1, -0.05) is 23.2 Å². The molecular weight excluding hydrogens is 159 g/mol. The van der Waals surface area contributed by atoms with Crippen LogP contribution in [-0.2, 0) is 4.74 Å².